The molecule has 4 heteroatoms. The highest BCUT2D eigenvalue weighted by Crippen LogP contribution is 2.57. The zero-order valence-corrected chi connectivity index (χ0v) is 33.3. The van der Waals surface area contributed by atoms with Crippen LogP contribution in [0.4, 0.5) is 0 Å². The van der Waals surface area contributed by atoms with Gasteiger partial charge in [0.25, 0.3) is 0 Å². The fourth-order valence-electron chi connectivity index (χ4n) is 8.67. The van der Waals surface area contributed by atoms with Gasteiger partial charge in [-0.1, -0.05) is 201 Å². The van der Waals surface area contributed by atoms with Gasteiger partial charge in [-0.05, 0) is 73.5 Å². The summed E-state index contributed by atoms with van der Waals surface area (Å²) in [6.45, 7) is 7.11. The number of hydrogen-bond donors (Lipinski definition) is 0. The summed E-state index contributed by atoms with van der Waals surface area (Å²) in [7, 11) is -1.46. The molecule has 0 aliphatic heterocycles. The quantitative estimate of drug-likeness (QED) is 0.152. The maximum atomic E-state index is 5.13. The van der Waals surface area contributed by atoms with E-state index in [0.717, 1.165) is 27.8 Å². The molecule has 1 heterocycles. The minimum absolute atomic E-state index is 0.510. The third kappa shape index (κ3) is 6.01. The molecule has 0 radical (unpaired) electrons. The molecule has 0 bridgehead atoms. The highest BCUT2D eigenvalue weighted by Gasteiger charge is 2.46. The van der Waals surface area contributed by atoms with E-state index in [-0.39, 0.29) is 0 Å². The molecule has 1 atom stereocenters. The van der Waals surface area contributed by atoms with Gasteiger partial charge in [0.15, 0.2) is 17.5 Å². The number of hydrogen-bond acceptors (Lipinski definition) is 3. The summed E-state index contributed by atoms with van der Waals surface area (Å²) >= 11 is 0. The fraction of sp³-hybridized carbons (Fsp3) is 0.0755. The van der Waals surface area contributed by atoms with Gasteiger partial charge in [0.1, 0.15) is 0 Å². The molecule has 9 aromatic rings. The second kappa shape index (κ2) is 13.8. The molecular weight excluding hydrogens is 707 g/mol. The van der Waals surface area contributed by atoms with Crippen molar-refractivity contribution in [2.45, 2.75) is 25.1 Å². The van der Waals surface area contributed by atoms with E-state index in [4.69, 9.17) is 15.0 Å². The molecule has 1 aliphatic rings. The molecule has 0 N–H and O–H groups in total. The van der Waals surface area contributed by atoms with Crippen molar-refractivity contribution >= 4 is 24.0 Å². The minimum atomic E-state index is -1.46. The number of fused-ring (bicyclic) bond motifs is 4. The normalized spacial score (nSPS) is 14.6. The minimum Gasteiger partial charge on any atom is -0.208 e. The summed E-state index contributed by atoms with van der Waals surface area (Å²) in [6, 6.07) is 70.3. The predicted molar refractivity (Wildman–Crippen MR) is 239 cm³/mol. The van der Waals surface area contributed by atoms with Gasteiger partial charge in [0.05, 0.1) is 13.5 Å². The van der Waals surface area contributed by atoms with Gasteiger partial charge in [0, 0.05) is 16.7 Å². The molecule has 0 fully saturated rings. The molecular formula is C53H41N3Si. The largest absolute Gasteiger partial charge is 0.208 e. The zero-order valence-electron chi connectivity index (χ0n) is 32.3. The van der Waals surface area contributed by atoms with Crippen LogP contribution in [0, 0.1) is 0 Å². The van der Waals surface area contributed by atoms with Gasteiger partial charge < -0.3 is 0 Å². The lowest BCUT2D eigenvalue weighted by atomic mass is 9.67. The van der Waals surface area contributed by atoms with Crippen LogP contribution in [0.3, 0.4) is 0 Å². The molecule has 1 aromatic heterocycles. The van der Waals surface area contributed by atoms with Crippen LogP contribution in [0.5, 0.6) is 0 Å². The molecule has 3 nitrogen and oxygen atoms in total. The predicted octanol–water partition coefficient (Wildman–Crippen LogP) is 12.6. The van der Waals surface area contributed by atoms with E-state index in [2.05, 4.69) is 196 Å². The van der Waals surface area contributed by atoms with Crippen LogP contribution >= 0.6 is 0 Å². The molecule has 272 valence electrons. The van der Waals surface area contributed by atoms with Crippen LogP contribution in [0.15, 0.2) is 194 Å². The maximum Gasteiger partial charge on any atom is 0.164 e. The average Bonchev–Trinajstić information content (AvgIpc) is 3.57. The summed E-state index contributed by atoms with van der Waals surface area (Å²) in [5, 5.41) is 3.88. The number of rotatable bonds is 7. The van der Waals surface area contributed by atoms with E-state index < -0.39 is 13.5 Å². The van der Waals surface area contributed by atoms with Crippen LogP contribution < -0.4 is 5.19 Å². The van der Waals surface area contributed by atoms with Crippen molar-refractivity contribution in [2.75, 3.05) is 0 Å². The van der Waals surface area contributed by atoms with E-state index in [1.165, 1.54) is 49.3 Å². The summed E-state index contributed by atoms with van der Waals surface area (Å²) in [5.41, 5.74) is 12.3. The Balaban J connectivity index is 1.14. The standard InChI is InChI=1S/C53H41N3Si/c1-57(2,3)45-30-26-38(27-31-45)51-54-50(37-16-6-4-7-17-37)55-52(56-51)42-20-14-19-39(33-42)41-28-32-47-46-23-12-13-24-48(46)53(49(47)35-41,43-21-8-5-9-22-43)44-29-25-36-15-10-11-18-40(36)34-44/h4-35H,1-3H3. The van der Waals surface area contributed by atoms with Gasteiger partial charge in [-0.3, -0.25) is 0 Å². The van der Waals surface area contributed by atoms with Crippen molar-refractivity contribution in [3.63, 3.8) is 0 Å². The van der Waals surface area contributed by atoms with E-state index in [0.29, 0.717) is 17.5 Å². The molecule has 0 saturated carbocycles. The molecule has 0 amide bonds. The smallest absolute Gasteiger partial charge is 0.164 e. The Bertz CT molecular complexity index is 2930. The molecule has 57 heavy (non-hydrogen) atoms. The Kier molecular flexibility index (Phi) is 8.39. The van der Waals surface area contributed by atoms with Gasteiger partial charge >= 0.3 is 0 Å². The van der Waals surface area contributed by atoms with Crippen molar-refractivity contribution in [1.29, 1.82) is 0 Å². The first kappa shape index (κ1) is 34.7. The monoisotopic (exact) mass is 747 g/mol. The summed E-state index contributed by atoms with van der Waals surface area (Å²) in [5.74, 6) is 1.98. The lowest BCUT2D eigenvalue weighted by Crippen LogP contribution is -2.37. The van der Waals surface area contributed by atoms with Gasteiger partial charge in [-0.15, -0.1) is 0 Å². The maximum absolute atomic E-state index is 5.13. The van der Waals surface area contributed by atoms with Crippen molar-refractivity contribution < 1.29 is 0 Å². The highest BCUT2D eigenvalue weighted by atomic mass is 28.3. The Hall–Kier alpha value is -6.75. The Morgan fingerprint density at radius 2 is 0.895 bits per heavy atom. The average molecular weight is 748 g/mol. The number of benzene rings is 8. The van der Waals surface area contributed by atoms with Crippen molar-refractivity contribution in [2.24, 2.45) is 0 Å². The molecule has 1 unspecified atom stereocenters. The van der Waals surface area contributed by atoms with Crippen molar-refractivity contribution in [3.05, 3.63) is 216 Å². The van der Waals surface area contributed by atoms with Crippen LogP contribution in [0.2, 0.25) is 19.6 Å². The lowest BCUT2D eigenvalue weighted by Gasteiger charge is -2.34. The zero-order chi connectivity index (χ0) is 38.6. The lowest BCUT2D eigenvalue weighted by molar-refractivity contribution is 0.770. The molecule has 0 saturated heterocycles. The first-order chi connectivity index (χ1) is 27.9. The van der Waals surface area contributed by atoms with Gasteiger partial charge in [-0.2, -0.15) is 0 Å². The topological polar surface area (TPSA) is 38.7 Å². The van der Waals surface area contributed by atoms with E-state index in [9.17, 15) is 0 Å². The van der Waals surface area contributed by atoms with E-state index >= 15 is 0 Å². The highest BCUT2D eigenvalue weighted by molar-refractivity contribution is 6.88. The Morgan fingerprint density at radius 1 is 0.351 bits per heavy atom. The Labute approximate surface area is 335 Å². The van der Waals surface area contributed by atoms with Crippen molar-refractivity contribution in [1.82, 2.24) is 15.0 Å². The SMILES string of the molecule is C[Si](C)(C)c1ccc(-c2nc(-c3ccccc3)nc(-c3cccc(-c4ccc5c(c4)C(c4ccccc4)(c4ccc6ccccc6c4)c4ccccc4-5)c3)n2)cc1. The van der Waals surface area contributed by atoms with E-state index in [1.54, 1.807) is 0 Å². The second-order valence-electron chi connectivity index (χ2n) is 16.1. The first-order valence-electron chi connectivity index (χ1n) is 19.7. The fourth-order valence-corrected chi connectivity index (χ4v) is 9.83. The van der Waals surface area contributed by atoms with Crippen LogP contribution in [0.25, 0.3) is 67.2 Å². The summed E-state index contributed by atoms with van der Waals surface area (Å²) in [4.78, 5) is 15.2. The van der Waals surface area contributed by atoms with Crippen molar-refractivity contribution in [3.8, 4) is 56.4 Å². The molecule has 8 aromatic carbocycles. The third-order valence-electron chi connectivity index (χ3n) is 11.6. The van der Waals surface area contributed by atoms with E-state index in [1.807, 2.05) is 18.2 Å². The van der Waals surface area contributed by atoms with Crippen LogP contribution in [-0.4, -0.2) is 23.0 Å². The summed E-state index contributed by atoms with van der Waals surface area (Å²) < 4.78 is 0. The second-order valence-corrected chi connectivity index (χ2v) is 21.1. The number of aromatic nitrogens is 3. The van der Waals surface area contributed by atoms with Gasteiger partial charge in [-0.25, -0.2) is 15.0 Å². The summed E-state index contributed by atoms with van der Waals surface area (Å²) in [6.07, 6.45) is 0. The molecule has 0 spiro atoms. The van der Waals surface area contributed by atoms with Gasteiger partial charge in [0.2, 0.25) is 0 Å². The third-order valence-corrected chi connectivity index (χ3v) is 13.6. The molecule has 1 aliphatic carbocycles. The molecule has 10 rings (SSSR count). The number of nitrogens with zero attached hydrogens (tertiary/aromatic N) is 3. The first-order valence-corrected chi connectivity index (χ1v) is 23.2. The van der Waals surface area contributed by atoms with Crippen LogP contribution in [0.1, 0.15) is 22.3 Å². The van der Waals surface area contributed by atoms with Crippen LogP contribution in [-0.2, 0) is 5.41 Å². The Morgan fingerprint density at radius 3 is 1.63 bits per heavy atom.